The van der Waals surface area contributed by atoms with E-state index in [4.69, 9.17) is 21.3 Å². The van der Waals surface area contributed by atoms with Gasteiger partial charge in [-0.25, -0.2) is 4.98 Å². The summed E-state index contributed by atoms with van der Waals surface area (Å²) in [5, 5.41) is 3.96. The van der Waals surface area contributed by atoms with Crippen LogP contribution in [0.5, 0.6) is 5.75 Å². The van der Waals surface area contributed by atoms with E-state index >= 15 is 0 Å². The SMILES string of the molecule is Cc1cc(OCCCCn2c(C(C)NC(=O)Cc3ccc(-c4ccccc4)cc3)nc3ccccc32)cc(C)c1Cl. The molecule has 1 unspecified atom stereocenters. The Bertz CT molecular complexity index is 1600. The molecule has 5 rings (SSSR count). The first-order valence-electron chi connectivity index (χ1n) is 14.2. The van der Waals surface area contributed by atoms with Crippen molar-refractivity contribution in [1.29, 1.82) is 0 Å². The number of fused-ring (bicyclic) bond motifs is 1. The summed E-state index contributed by atoms with van der Waals surface area (Å²) in [6.45, 7) is 7.41. The van der Waals surface area contributed by atoms with Gasteiger partial charge in [-0.1, -0.05) is 78.3 Å². The maximum absolute atomic E-state index is 13.0. The highest BCUT2D eigenvalue weighted by molar-refractivity contribution is 6.32. The van der Waals surface area contributed by atoms with Gasteiger partial charge in [0.15, 0.2) is 0 Å². The Morgan fingerprint density at radius 1 is 0.902 bits per heavy atom. The average molecular weight is 566 g/mol. The predicted octanol–water partition coefficient (Wildman–Crippen LogP) is 8.25. The Hall–Kier alpha value is -4.09. The molecule has 210 valence electrons. The van der Waals surface area contributed by atoms with E-state index in [9.17, 15) is 4.79 Å². The Morgan fingerprint density at radius 3 is 2.29 bits per heavy atom. The predicted molar refractivity (Wildman–Crippen MR) is 168 cm³/mol. The molecule has 1 aromatic heterocycles. The fourth-order valence-corrected chi connectivity index (χ4v) is 5.31. The molecule has 5 nitrogen and oxygen atoms in total. The van der Waals surface area contributed by atoms with Crippen LogP contribution in [0, 0.1) is 13.8 Å². The van der Waals surface area contributed by atoms with Crippen LogP contribution in [-0.2, 0) is 17.8 Å². The summed E-state index contributed by atoms with van der Waals surface area (Å²) in [5.41, 5.74) is 7.34. The summed E-state index contributed by atoms with van der Waals surface area (Å²) in [4.78, 5) is 17.9. The second-order valence-electron chi connectivity index (χ2n) is 10.6. The van der Waals surface area contributed by atoms with Gasteiger partial charge in [-0.05, 0) is 85.7 Å². The molecule has 0 aliphatic rings. The maximum Gasteiger partial charge on any atom is 0.224 e. The zero-order chi connectivity index (χ0) is 28.8. The minimum Gasteiger partial charge on any atom is -0.494 e. The van der Waals surface area contributed by atoms with E-state index in [1.54, 1.807) is 0 Å². The molecule has 5 aromatic rings. The summed E-state index contributed by atoms with van der Waals surface area (Å²) >= 11 is 6.29. The van der Waals surface area contributed by atoms with Crippen LogP contribution < -0.4 is 10.1 Å². The number of unbranched alkanes of at least 4 members (excludes halogenated alkanes) is 1. The minimum atomic E-state index is -0.227. The lowest BCUT2D eigenvalue weighted by molar-refractivity contribution is -0.121. The van der Waals surface area contributed by atoms with E-state index in [2.05, 4.69) is 40.2 Å². The lowest BCUT2D eigenvalue weighted by atomic mass is 10.0. The number of nitrogens with zero attached hydrogens (tertiary/aromatic N) is 2. The molecule has 1 amide bonds. The molecule has 0 aliphatic carbocycles. The fourth-order valence-electron chi connectivity index (χ4n) is 5.20. The van der Waals surface area contributed by atoms with E-state index in [0.717, 1.165) is 74.8 Å². The van der Waals surface area contributed by atoms with Crippen molar-refractivity contribution >= 4 is 28.5 Å². The monoisotopic (exact) mass is 565 g/mol. The van der Waals surface area contributed by atoms with E-state index in [1.165, 1.54) is 0 Å². The highest BCUT2D eigenvalue weighted by Crippen LogP contribution is 2.26. The van der Waals surface area contributed by atoms with Crippen LogP contribution in [0.15, 0.2) is 91.0 Å². The van der Waals surface area contributed by atoms with Crippen molar-refractivity contribution in [2.75, 3.05) is 6.61 Å². The van der Waals surface area contributed by atoms with Gasteiger partial charge in [0, 0.05) is 11.6 Å². The van der Waals surface area contributed by atoms with Crippen molar-refractivity contribution in [3.8, 4) is 16.9 Å². The number of carbonyl (C=O) groups is 1. The molecule has 41 heavy (non-hydrogen) atoms. The minimum absolute atomic E-state index is 0.0227. The van der Waals surface area contributed by atoms with Crippen molar-refractivity contribution in [3.05, 3.63) is 119 Å². The third-order valence-electron chi connectivity index (χ3n) is 7.33. The summed E-state index contributed by atoms with van der Waals surface area (Å²) in [5.74, 6) is 1.69. The molecular weight excluding hydrogens is 530 g/mol. The van der Waals surface area contributed by atoms with Gasteiger partial charge in [0.25, 0.3) is 0 Å². The van der Waals surface area contributed by atoms with E-state index in [0.29, 0.717) is 13.0 Å². The lowest BCUT2D eigenvalue weighted by Gasteiger charge is -2.17. The second-order valence-corrected chi connectivity index (χ2v) is 10.9. The first-order chi connectivity index (χ1) is 19.9. The highest BCUT2D eigenvalue weighted by atomic mass is 35.5. The summed E-state index contributed by atoms with van der Waals surface area (Å²) in [6.07, 6.45) is 2.14. The molecular formula is C35H36ClN3O2. The van der Waals surface area contributed by atoms with E-state index < -0.39 is 0 Å². The van der Waals surface area contributed by atoms with Crippen LogP contribution in [0.25, 0.3) is 22.2 Å². The number of hydrogen-bond donors (Lipinski definition) is 1. The highest BCUT2D eigenvalue weighted by Gasteiger charge is 2.18. The van der Waals surface area contributed by atoms with E-state index in [-0.39, 0.29) is 11.9 Å². The molecule has 0 bridgehead atoms. The van der Waals surface area contributed by atoms with Crippen molar-refractivity contribution < 1.29 is 9.53 Å². The molecule has 0 saturated carbocycles. The van der Waals surface area contributed by atoms with Crippen molar-refractivity contribution in [2.45, 2.75) is 52.6 Å². The number of hydrogen-bond acceptors (Lipinski definition) is 3. The molecule has 1 heterocycles. The van der Waals surface area contributed by atoms with Crippen LogP contribution in [0.1, 0.15) is 48.3 Å². The lowest BCUT2D eigenvalue weighted by Crippen LogP contribution is -2.30. The molecule has 0 spiro atoms. The van der Waals surface area contributed by atoms with Gasteiger partial charge in [-0.15, -0.1) is 0 Å². The largest absolute Gasteiger partial charge is 0.494 e. The number of benzene rings is 4. The Labute approximate surface area is 247 Å². The molecule has 0 fully saturated rings. The zero-order valence-corrected chi connectivity index (χ0v) is 24.6. The molecule has 0 radical (unpaired) electrons. The Balaban J connectivity index is 1.19. The number of imidazole rings is 1. The van der Waals surface area contributed by atoms with Gasteiger partial charge in [0.05, 0.1) is 30.1 Å². The summed E-state index contributed by atoms with van der Waals surface area (Å²) < 4.78 is 8.24. The van der Waals surface area contributed by atoms with Crippen LogP contribution >= 0.6 is 11.6 Å². The van der Waals surface area contributed by atoms with Crippen molar-refractivity contribution in [2.24, 2.45) is 0 Å². The van der Waals surface area contributed by atoms with Gasteiger partial charge in [0.1, 0.15) is 11.6 Å². The average Bonchev–Trinajstić information content (AvgIpc) is 3.35. The van der Waals surface area contributed by atoms with Crippen LogP contribution in [0.2, 0.25) is 5.02 Å². The number of carbonyl (C=O) groups excluding carboxylic acids is 1. The zero-order valence-electron chi connectivity index (χ0n) is 23.9. The normalized spacial score (nSPS) is 11.9. The first kappa shape index (κ1) is 28.4. The number of halogens is 1. The number of ether oxygens (including phenoxy) is 1. The molecule has 1 atom stereocenters. The van der Waals surface area contributed by atoms with Crippen molar-refractivity contribution in [1.82, 2.24) is 14.9 Å². The van der Waals surface area contributed by atoms with Crippen LogP contribution in [-0.4, -0.2) is 22.1 Å². The van der Waals surface area contributed by atoms with Gasteiger partial charge < -0.3 is 14.6 Å². The molecule has 0 saturated heterocycles. The standard InChI is InChI=1S/C35H36ClN3O2/c1-24-21-30(22-25(2)34(24)36)41-20-10-9-19-39-32-14-8-7-13-31(32)38-35(39)26(3)37-33(40)23-27-15-17-29(18-16-27)28-11-5-4-6-12-28/h4-8,11-18,21-22,26H,9-10,19-20,23H2,1-3H3,(H,37,40). The third kappa shape index (κ3) is 6.98. The molecule has 1 N–H and O–H groups in total. The quantitative estimate of drug-likeness (QED) is 0.164. The summed E-state index contributed by atoms with van der Waals surface area (Å²) in [6, 6.07) is 30.3. The molecule has 0 aliphatic heterocycles. The number of aromatic nitrogens is 2. The number of amides is 1. The molecule has 4 aromatic carbocycles. The number of rotatable bonds is 11. The topological polar surface area (TPSA) is 56.1 Å². The van der Waals surface area contributed by atoms with E-state index in [1.807, 2.05) is 81.4 Å². The molecule has 6 heteroatoms. The van der Waals surface area contributed by atoms with Crippen molar-refractivity contribution in [3.63, 3.8) is 0 Å². The number of aryl methyl sites for hydroxylation is 3. The van der Waals surface area contributed by atoms with Crippen LogP contribution in [0.3, 0.4) is 0 Å². The van der Waals surface area contributed by atoms with Gasteiger partial charge >= 0.3 is 0 Å². The third-order valence-corrected chi connectivity index (χ3v) is 7.93. The number of para-hydroxylation sites is 2. The second kappa shape index (κ2) is 13.0. The fraction of sp³-hybridized carbons (Fsp3) is 0.257. The first-order valence-corrected chi connectivity index (χ1v) is 14.6. The van der Waals surface area contributed by atoms with Crippen LogP contribution in [0.4, 0.5) is 0 Å². The van der Waals surface area contributed by atoms with Gasteiger partial charge in [-0.2, -0.15) is 0 Å². The number of nitrogens with one attached hydrogen (secondary N) is 1. The van der Waals surface area contributed by atoms with Gasteiger partial charge in [0.2, 0.25) is 5.91 Å². The Kier molecular flexibility index (Phi) is 9.05. The maximum atomic E-state index is 13.0. The Morgan fingerprint density at radius 2 is 1.56 bits per heavy atom. The van der Waals surface area contributed by atoms with Gasteiger partial charge in [-0.3, -0.25) is 4.79 Å². The smallest absolute Gasteiger partial charge is 0.224 e. The summed E-state index contributed by atoms with van der Waals surface area (Å²) in [7, 11) is 0.